The molecule has 0 bridgehead atoms. The number of hydrogen-bond donors (Lipinski definition) is 1. The fourth-order valence-corrected chi connectivity index (χ4v) is 3.02. The Morgan fingerprint density at radius 1 is 1.03 bits per heavy atom. The molecule has 1 aliphatic rings. The monoisotopic (exact) mass is 545 g/mol. The van der Waals surface area contributed by atoms with Gasteiger partial charge in [0.25, 0.3) is 0 Å². The first-order chi connectivity index (χ1) is 17.7. The molecule has 2 heterocycles. The van der Waals surface area contributed by atoms with Crippen LogP contribution in [0.5, 0.6) is 11.5 Å². The van der Waals surface area contributed by atoms with Crippen LogP contribution in [0.2, 0.25) is 0 Å². The Kier molecular flexibility index (Phi) is 10.2. The fourth-order valence-electron chi connectivity index (χ4n) is 3.02. The SMILES string of the molecule is CC(C)(C)OC(=O)N1CCN(C(=O)Oc2ccc(F)cc2)C(COc2cccnc2)C1.O=C(O)C(F)(F)F. The highest BCUT2D eigenvalue weighted by Crippen LogP contribution is 2.19. The summed E-state index contributed by atoms with van der Waals surface area (Å²) < 4.78 is 61.5. The lowest BCUT2D eigenvalue weighted by Crippen LogP contribution is -2.59. The largest absolute Gasteiger partial charge is 0.490 e. The molecular formula is C24H27F4N3O7. The van der Waals surface area contributed by atoms with Crippen molar-refractivity contribution in [1.82, 2.24) is 14.8 Å². The van der Waals surface area contributed by atoms with Crippen molar-refractivity contribution < 1.29 is 51.3 Å². The Bertz CT molecular complexity index is 1080. The van der Waals surface area contributed by atoms with Crippen molar-refractivity contribution in [3.05, 3.63) is 54.6 Å². The van der Waals surface area contributed by atoms with Crippen LogP contribution in [0.1, 0.15) is 20.8 Å². The molecule has 38 heavy (non-hydrogen) atoms. The van der Waals surface area contributed by atoms with E-state index in [1.54, 1.807) is 50.2 Å². The molecule has 14 heteroatoms. The van der Waals surface area contributed by atoms with Gasteiger partial charge in [0.05, 0.1) is 12.2 Å². The molecule has 1 unspecified atom stereocenters. The molecular weight excluding hydrogens is 518 g/mol. The van der Waals surface area contributed by atoms with Gasteiger partial charge < -0.3 is 24.2 Å². The van der Waals surface area contributed by atoms with E-state index in [2.05, 4.69) is 4.98 Å². The minimum atomic E-state index is -5.08. The van der Waals surface area contributed by atoms with Gasteiger partial charge in [0, 0.05) is 25.8 Å². The number of piperazine rings is 1. The van der Waals surface area contributed by atoms with E-state index in [1.807, 2.05) is 0 Å². The van der Waals surface area contributed by atoms with Gasteiger partial charge in [0.1, 0.15) is 29.5 Å². The lowest BCUT2D eigenvalue weighted by atomic mass is 10.2. The number of benzene rings is 1. The number of carboxylic acid groups (broad SMARTS) is 1. The summed E-state index contributed by atoms with van der Waals surface area (Å²) in [6.07, 6.45) is -2.94. The van der Waals surface area contributed by atoms with E-state index in [0.717, 1.165) is 0 Å². The number of halogens is 4. The minimum Gasteiger partial charge on any atom is -0.490 e. The van der Waals surface area contributed by atoms with Crippen LogP contribution in [0.3, 0.4) is 0 Å². The second-order valence-electron chi connectivity index (χ2n) is 8.90. The van der Waals surface area contributed by atoms with Crippen LogP contribution in [-0.2, 0) is 9.53 Å². The molecule has 0 aliphatic carbocycles. The standard InChI is InChI=1S/C22H26FN3O5.C2HF3O2/c1-22(2,3)31-20(27)25-11-12-26(21(28)30-18-8-6-16(23)7-9-18)17(14-25)15-29-19-5-4-10-24-13-19;3-2(4,5)1(6)7/h4-10,13,17H,11-12,14-15H2,1-3H3;(H,6,7). The molecule has 2 amide bonds. The zero-order valence-corrected chi connectivity index (χ0v) is 20.8. The maximum Gasteiger partial charge on any atom is 0.490 e. The topological polar surface area (TPSA) is 119 Å². The number of pyridine rings is 1. The molecule has 1 atom stereocenters. The van der Waals surface area contributed by atoms with Crippen LogP contribution in [0.4, 0.5) is 27.2 Å². The zero-order valence-electron chi connectivity index (χ0n) is 20.8. The highest BCUT2D eigenvalue weighted by atomic mass is 19.4. The van der Waals surface area contributed by atoms with E-state index >= 15 is 0 Å². The fraction of sp³-hybridized carbons (Fsp3) is 0.417. The number of carbonyl (C=O) groups is 3. The number of alkyl halides is 3. The molecule has 3 rings (SSSR count). The van der Waals surface area contributed by atoms with Crippen molar-refractivity contribution in [2.24, 2.45) is 0 Å². The number of nitrogens with zero attached hydrogens (tertiary/aromatic N) is 3. The maximum absolute atomic E-state index is 13.1. The average Bonchev–Trinajstić information content (AvgIpc) is 2.83. The summed E-state index contributed by atoms with van der Waals surface area (Å²) in [7, 11) is 0. The van der Waals surface area contributed by atoms with Crippen molar-refractivity contribution in [2.75, 3.05) is 26.2 Å². The first-order valence-corrected chi connectivity index (χ1v) is 11.2. The molecule has 1 saturated heterocycles. The number of ether oxygens (including phenoxy) is 3. The summed E-state index contributed by atoms with van der Waals surface area (Å²) >= 11 is 0. The van der Waals surface area contributed by atoms with Crippen LogP contribution in [0.15, 0.2) is 48.8 Å². The van der Waals surface area contributed by atoms with Crippen molar-refractivity contribution in [3.8, 4) is 11.5 Å². The highest BCUT2D eigenvalue weighted by molar-refractivity contribution is 5.73. The highest BCUT2D eigenvalue weighted by Gasteiger charge is 2.38. The smallest absolute Gasteiger partial charge is 0.490 e. The Labute approximate surface area is 215 Å². The summed E-state index contributed by atoms with van der Waals surface area (Å²) in [5.41, 5.74) is -0.628. The van der Waals surface area contributed by atoms with Crippen LogP contribution in [-0.4, -0.2) is 82.1 Å². The zero-order chi connectivity index (χ0) is 28.5. The van der Waals surface area contributed by atoms with Crippen molar-refractivity contribution in [3.63, 3.8) is 0 Å². The van der Waals surface area contributed by atoms with Gasteiger partial charge in [-0.15, -0.1) is 0 Å². The molecule has 1 aromatic heterocycles. The van der Waals surface area contributed by atoms with Crippen LogP contribution < -0.4 is 9.47 Å². The quantitative estimate of drug-likeness (QED) is 0.564. The third kappa shape index (κ3) is 10.1. The predicted octanol–water partition coefficient (Wildman–Crippen LogP) is 4.35. The summed E-state index contributed by atoms with van der Waals surface area (Å²) in [5.74, 6) is -2.40. The molecule has 0 radical (unpaired) electrons. The molecule has 10 nitrogen and oxygen atoms in total. The number of rotatable bonds is 4. The van der Waals surface area contributed by atoms with Gasteiger partial charge in [-0.05, 0) is 57.2 Å². The van der Waals surface area contributed by atoms with E-state index in [1.165, 1.54) is 29.2 Å². The summed E-state index contributed by atoms with van der Waals surface area (Å²) in [5, 5.41) is 7.12. The molecule has 1 aromatic carbocycles. The van der Waals surface area contributed by atoms with Crippen LogP contribution in [0.25, 0.3) is 0 Å². The number of aliphatic carboxylic acids is 1. The Hall–Kier alpha value is -4.10. The molecule has 208 valence electrons. The first kappa shape index (κ1) is 30.1. The molecule has 0 saturated carbocycles. The lowest BCUT2D eigenvalue weighted by Gasteiger charge is -2.40. The lowest BCUT2D eigenvalue weighted by molar-refractivity contribution is -0.192. The number of aromatic nitrogens is 1. The van der Waals surface area contributed by atoms with E-state index in [-0.39, 0.29) is 32.0 Å². The molecule has 2 aromatic rings. The third-order valence-electron chi connectivity index (χ3n) is 4.71. The van der Waals surface area contributed by atoms with Gasteiger partial charge in [0.15, 0.2) is 0 Å². The van der Waals surface area contributed by atoms with Crippen molar-refractivity contribution in [1.29, 1.82) is 0 Å². The van der Waals surface area contributed by atoms with Gasteiger partial charge in [-0.2, -0.15) is 13.2 Å². The predicted molar refractivity (Wildman–Crippen MR) is 124 cm³/mol. The molecule has 0 spiro atoms. The van der Waals surface area contributed by atoms with Crippen molar-refractivity contribution in [2.45, 2.75) is 38.6 Å². The second-order valence-corrected chi connectivity index (χ2v) is 8.90. The third-order valence-corrected chi connectivity index (χ3v) is 4.71. The number of amides is 2. The molecule has 1 aliphatic heterocycles. The van der Waals surface area contributed by atoms with Crippen LogP contribution >= 0.6 is 0 Å². The Morgan fingerprint density at radius 3 is 2.18 bits per heavy atom. The average molecular weight is 545 g/mol. The van der Waals surface area contributed by atoms with E-state index in [9.17, 15) is 27.2 Å². The minimum absolute atomic E-state index is 0.128. The van der Waals surface area contributed by atoms with Gasteiger partial charge in [-0.3, -0.25) is 9.88 Å². The van der Waals surface area contributed by atoms with E-state index in [4.69, 9.17) is 24.1 Å². The summed E-state index contributed by atoms with van der Waals surface area (Å²) in [6.45, 7) is 6.26. The summed E-state index contributed by atoms with van der Waals surface area (Å²) in [4.78, 5) is 41.2. The van der Waals surface area contributed by atoms with E-state index in [0.29, 0.717) is 5.75 Å². The first-order valence-electron chi connectivity index (χ1n) is 11.2. The van der Waals surface area contributed by atoms with Gasteiger partial charge in [-0.1, -0.05) is 0 Å². The number of carbonyl (C=O) groups excluding carboxylic acids is 2. The Balaban J connectivity index is 0.000000638. The maximum atomic E-state index is 13.1. The van der Waals surface area contributed by atoms with Crippen LogP contribution in [0, 0.1) is 5.82 Å². The second kappa shape index (κ2) is 12.9. The van der Waals surface area contributed by atoms with Gasteiger partial charge in [-0.25, -0.2) is 18.8 Å². The normalized spacial score (nSPS) is 15.6. The number of carboxylic acids is 1. The molecule has 1 N–H and O–H groups in total. The molecule has 1 fully saturated rings. The van der Waals surface area contributed by atoms with Crippen molar-refractivity contribution >= 4 is 18.2 Å². The summed E-state index contributed by atoms with van der Waals surface area (Å²) in [6, 6.07) is 8.20. The van der Waals surface area contributed by atoms with Gasteiger partial charge >= 0.3 is 24.3 Å². The van der Waals surface area contributed by atoms with E-state index < -0.39 is 41.8 Å². The number of hydrogen-bond acceptors (Lipinski definition) is 7. The Morgan fingerprint density at radius 2 is 1.66 bits per heavy atom. The van der Waals surface area contributed by atoms with Gasteiger partial charge in [0.2, 0.25) is 0 Å².